The maximum atomic E-state index is 6.35. The maximum absolute atomic E-state index is 6.35. The van der Waals surface area contributed by atoms with Gasteiger partial charge < -0.3 is 14.8 Å². The summed E-state index contributed by atoms with van der Waals surface area (Å²) in [5.41, 5.74) is -0.300. The highest BCUT2D eigenvalue weighted by Crippen LogP contribution is 2.42. The summed E-state index contributed by atoms with van der Waals surface area (Å²) in [7, 11) is 2.05. The minimum Gasteiger partial charge on any atom is -0.370 e. The Kier molecular flexibility index (Phi) is 4.49. The molecule has 0 amide bonds. The second-order valence-corrected chi connectivity index (χ2v) is 8.56. The molecule has 2 aliphatic heterocycles. The first-order valence-corrected chi connectivity index (χ1v) is 8.24. The fourth-order valence-electron chi connectivity index (χ4n) is 4.58. The number of hydrogen-bond donors (Lipinski definition) is 1. The predicted octanol–water partition coefficient (Wildman–Crippen LogP) is 2.28. The quantitative estimate of drug-likeness (QED) is 0.867. The summed E-state index contributed by atoms with van der Waals surface area (Å²) < 4.78 is 12.4. The number of nitrogens with one attached hydrogen (secondary N) is 1. The van der Waals surface area contributed by atoms with Gasteiger partial charge in [0.25, 0.3) is 0 Å². The lowest BCUT2D eigenvalue weighted by atomic mass is 9.82. The molecule has 0 saturated carbocycles. The number of hydrogen-bond acceptors (Lipinski definition) is 4. The van der Waals surface area contributed by atoms with Crippen molar-refractivity contribution >= 4 is 0 Å². The molecule has 2 saturated heterocycles. The van der Waals surface area contributed by atoms with E-state index in [1.165, 1.54) is 0 Å². The lowest BCUT2D eigenvalue weighted by molar-refractivity contribution is -0.135. The smallest absolute Gasteiger partial charge is 0.0790 e. The molecule has 3 atom stereocenters. The van der Waals surface area contributed by atoms with Crippen LogP contribution < -0.4 is 5.32 Å². The lowest BCUT2D eigenvalue weighted by Gasteiger charge is -2.44. The number of rotatable bonds is 3. The van der Waals surface area contributed by atoms with Gasteiger partial charge in [0, 0.05) is 31.6 Å². The number of likely N-dealkylation sites (N-methyl/N-ethyl adjacent to an activating group) is 1. The Morgan fingerprint density at radius 1 is 1.10 bits per heavy atom. The maximum Gasteiger partial charge on any atom is 0.0790 e. The SMILES string of the molecule is CNC1C(CN2CC(C)OC(C)(C)C2)C(C)(C)OC1(C)C. The Morgan fingerprint density at radius 2 is 1.71 bits per heavy atom. The van der Waals surface area contributed by atoms with Crippen molar-refractivity contribution in [1.29, 1.82) is 0 Å². The molecule has 4 nitrogen and oxygen atoms in total. The fraction of sp³-hybridized carbons (Fsp3) is 1.00. The van der Waals surface area contributed by atoms with E-state index in [1.807, 2.05) is 0 Å². The van der Waals surface area contributed by atoms with Crippen molar-refractivity contribution in [2.24, 2.45) is 5.92 Å². The highest BCUT2D eigenvalue weighted by atomic mass is 16.5. The van der Waals surface area contributed by atoms with Crippen molar-refractivity contribution in [3.8, 4) is 0 Å². The molecule has 0 aliphatic carbocycles. The molecule has 0 aromatic carbocycles. The van der Waals surface area contributed by atoms with Gasteiger partial charge in [-0.2, -0.15) is 0 Å². The van der Waals surface area contributed by atoms with Crippen molar-refractivity contribution < 1.29 is 9.47 Å². The van der Waals surface area contributed by atoms with Crippen LogP contribution >= 0.6 is 0 Å². The molecule has 0 aromatic rings. The van der Waals surface area contributed by atoms with Gasteiger partial charge in [0.05, 0.1) is 22.9 Å². The average Bonchev–Trinajstić information content (AvgIpc) is 2.40. The summed E-state index contributed by atoms with van der Waals surface area (Å²) >= 11 is 0. The average molecular weight is 298 g/mol. The van der Waals surface area contributed by atoms with E-state index in [4.69, 9.17) is 9.47 Å². The van der Waals surface area contributed by atoms with Crippen molar-refractivity contribution in [3.05, 3.63) is 0 Å². The van der Waals surface area contributed by atoms with Gasteiger partial charge in [-0.25, -0.2) is 0 Å². The van der Waals surface area contributed by atoms with Crippen LogP contribution in [-0.2, 0) is 9.47 Å². The van der Waals surface area contributed by atoms with Gasteiger partial charge in [0.2, 0.25) is 0 Å². The summed E-state index contributed by atoms with van der Waals surface area (Å²) in [5, 5.41) is 3.50. The van der Waals surface area contributed by atoms with Crippen LogP contribution in [0.25, 0.3) is 0 Å². The second-order valence-electron chi connectivity index (χ2n) is 8.56. The van der Waals surface area contributed by atoms with Crippen molar-refractivity contribution in [2.75, 3.05) is 26.7 Å². The molecule has 0 radical (unpaired) electrons. The second kappa shape index (κ2) is 5.48. The van der Waals surface area contributed by atoms with E-state index in [0.717, 1.165) is 19.6 Å². The van der Waals surface area contributed by atoms with Crippen LogP contribution in [0.15, 0.2) is 0 Å². The van der Waals surface area contributed by atoms with Crippen molar-refractivity contribution in [1.82, 2.24) is 10.2 Å². The van der Waals surface area contributed by atoms with Crippen LogP contribution in [-0.4, -0.2) is 60.5 Å². The molecule has 21 heavy (non-hydrogen) atoms. The molecule has 0 aromatic heterocycles. The topological polar surface area (TPSA) is 33.7 Å². The normalized spacial score (nSPS) is 38.6. The van der Waals surface area contributed by atoms with Crippen molar-refractivity contribution in [2.45, 2.75) is 77.4 Å². The van der Waals surface area contributed by atoms with Gasteiger partial charge in [0.1, 0.15) is 0 Å². The third-order valence-corrected chi connectivity index (χ3v) is 4.98. The first-order valence-electron chi connectivity index (χ1n) is 8.24. The Hall–Kier alpha value is -0.160. The monoisotopic (exact) mass is 298 g/mol. The van der Waals surface area contributed by atoms with E-state index in [0.29, 0.717) is 18.1 Å². The Balaban J connectivity index is 2.13. The minimum atomic E-state index is -0.129. The first kappa shape index (κ1) is 17.2. The Labute approximate surface area is 130 Å². The van der Waals surface area contributed by atoms with Crippen LogP contribution in [0.5, 0.6) is 0 Å². The summed E-state index contributed by atoms with van der Waals surface area (Å²) in [4.78, 5) is 2.55. The van der Waals surface area contributed by atoms with Gasteiger partial charge in [-0.05, 0) is 55.5 Å². The molecule has 4 heteroatoms. The standard InChI is InChI=1S/C17H34N2O2/c1-12-9-19(11-15(2,3)20-12)10-13-14(18-8)17(6,7)21-16(13,4)5/h12-14,18H,9-11H2,1-8H3. The molecule has 3 unspecified atom stereocenters. The lowest BCUT2D eigenvalue weighted by Crippen LogP contribution is -2.56. The molecule has 124 valence electrons. The molecule has 0 spiro atoms. The van der Waals surface area contributed by atoms with Gasteiger partial charge >= 0.3 is 0 Å². The number of nitrogens with zero attached hydrogens (tertiary/aromatic N) is 1. The van der Waals surface area contributed by atoms with E-state index in [-0.39, 0.29) is 16.8 Å². The fourth-order valence-corrected chi connectivity index (χ4v) is 4.58. The third-order valence-electron chi connectivity index (χ3n) is 4.98. The first-order chi connectivity index (χ1) is 9.47. The zero-order valence-electron chi connectivity index (χ0n) is 15.1. The molecule has 2 heterocycles. The zero-order chi connectivity index (χ0) is 16.1. The van der Waals surface area contributed by atoms with E-state index < -0.39 is 0 Å². The number of morpholine rings is 1. The van der Waals surface area contributed by atoms with Gasteiger partial charge in [-0.3, -0.25) is 4.90 Å². The number of ether oxygens (including phenoxy) is 2. The van der Waals surface area contributed by atoms with E-state index in [2.05, 4.69) is 65.7 Å². The van der Waals surface area contributed by atoms with Crippen molar-refractivity contribution in [3.63, 3.8) is 0 Å². The van der Waals surface area contributed by atoms with E-state index in [9.17, 15) is 0 Å². The molecule has 2 fully saturated rings. The summed E-state index contributed by atoms with van der Waals surface area (Å²) in [6.45, 7) is 18.4. The van der Waals surface area contributed by atoms with Crippen LogP contribution in [0, 0.1) is 5.92 Å². The molecular formula is C17H34N2O2. The Bertz CT molecular complexity index is 379. The predicted molar refractivity (Wildman–Crippen MR) is 86.6 cm³/mol. The van der Waals surface area contributed by atoms with Crippen LogP contribution in [0.3, 0.4) is 0 Å². The van der Waals surface area contributed by atoms with E-state index >= 15 is 0 Å². The molecular weight excluding hydrogens is 264 g/mol. The molecule has 2 rings (SSSR count). The summed E-state index contributed by atoms with van der Waals surface area (Å²) in [5.74, 6) is 0.471. The zero-order valence-corrected chi connectivity index (χ0v) is 15.1. The summed E-state index contributed by atoms with van der Waals surface area (Å²) in [6, 6.07) is 0.369. The van der Waals surface area contributed by atoms with Gasteiger partial charge in [0.15, 0.2) is 0 Å². The Morgan fingerprint density at radius 3 is 2.24 bits per heavy atom. The molecule has 0 bridgehead atoms. The third kappa shape index (κ3) is 3.61. The van der Waals surface area contributed by atoms with Crippen LogP contribution in [0.2, 0.25) is 0 Å². The van der Waals surface area contributed by atoms with Crippen LogP contribution in [0.1, 0.15) is 48.5 Å². The highest BCUT2D eigenvalue weighted by Gasteiger charge is 2.53. The molecule has 2 aliphatic rings. The highest BCUT2D eigenvalue weighted by molar-refractivity contribution is 5.06. The van der Waals surface area contributed by atoms with Gasteiger partial charge in [-0.1, -0.05) is 0 Å². The summed E-state index contributed by atoms with van der Waals surface area (Å²) in [6.07, 6.45) is 0.292. The largest absolute Gasteiger partial charge is 0.370 e. The van der Waals surface area contributed by atoms with Gasteiger partial charge in [-0.15, -0.1) is 0 Å². The van der Waals surface area contributed by atoms with Crippen LogP contribution in [0.4, 0.5) is 0 Å². The minimum absolute atomic E-state index is 0.0636. The van der Waals surface area contributed by atoms with E-state index in [1.54, 1.807) is 0 Å². The molecule has 1 N–H and O–H groups in total.